The molecular weight excluding hydrogens is 302 g/mol. The zero-order valence-electron chi connectivity index (χ0n) is 11.8. The van der Waals surface area contributed by atoms with E-state index in [0.717, 1.165) is 18.4 Å². The Bertz CT molecular complexity index is 760. The van der Waals surface area contributed by atoms with Gasteiger partial charge in [0.2, 0.25) is 0 Å². The summed E-state index contributed by atoms with van der Waals surface area (Å²) in [7, 11) is 0. The first-order valence-electron chi connectivity index (χ1n) is 7.04. The van der Waals surface area contributed by atoms with E-state index in [1.165, 1.54) is 0 Å². The first kappa shape index (κ1) is 14.5. The van der Waals surface area contributed by atoms with Gasteiger partial charge in [-0.15, -0.1) is 0 Å². The van der Waals surface area contributed by atoms with Crippen LogP contribution in [-0.4, -0.2) is 28.0 Å². The summed E-state index contributed by atoms with van der Waals surface area (Å²) in [4.78, 5) is 25.2. The second kappa shape index (κ2) is 6.16. The topological polar surface area (TPSA) is 85.7 Å². The maximum Gasteiger partial charge on any atom is 0.272 e. The number of hydrogen-bond donors (Lipinski definition) is 1. The molecule has 0 radical (unpaired) electrons. The zero-order valence-corrected chi connectivity index (χ0v) is 12.5. The third-order valence-corrected chi connectivity index (χ3v) is 4.12. The Kier molecular flexibility index (Phi) is 4.07. The van der Waals surface area contributed by atoms with Crippen molar-refractivity contribution in [3.05, 3.63) is 39.9 Å². The van der Waals surface area contributed by atoms with E-state index in [0.29, 0.717) is 24.7 Å². The molecule has 2 aromatic heterocycles. The van der Waals surface area contributed by atoms with Gasteiger partial charge in [0.15, 0.2) is 5.82 Å². The van der Waals surface area contributed by atoms with Crippen LogP contribution in [0, 0.1) is 17.2 Å². The summed E-state index contributed by atoms with van der Waals surface area (Å²) in [5.74, 6) is 1.01. The predicted molar refractivity (Wildman–Crippen MR) is 83.6 cm³/mol. The van der Waals surface area contributed by atoms with E-state index >= 15 is 0 Å². The van der Waals surface area contributed by atoms with Crippen LogP contribution in [-0.2, 0) is 0 Å². The SMILES string of the molecule is N#CC1CCN(c2nc(-c3ccncc3)[nH]c(=O)c2Cl)CC1. The van der Waals surface area contributed by atoms with E-state index in [-0.39, 0.29) is 16.5 Å². The largest absolute Gasteiger partial charge is 0.355 e. The second-order valence-corrected chi connectivity index (χ2v) is 5.56. The summed E-state index contributed by atoms with van der Waals surface area (Å²) >= 11 is 6.13. The van der Waals surface area contributed by atoms with Gasteiger partial charge in [0.05, 0.1) is 6.07 Å². The fourth-order valence-electron chi connectivity index (χ4n) is 2.52. The van der Waals surface area contributed by atoms with E-state index in [1.807, 2.05) is 4.90 Å². The third-order valence-electron chi connectivity index (χ3n) is 3.78. The van der Waals surface area contributed by atoms with Crippen molar-refractivity contribution in [3.63, 3.8) is 0 Å². The first-order valence-corrected chi connectivity index (χ1v) is 7.41. The predicted octanol–water partition coefficient (Wildman–Crippen LogP) is 2.23. The Morgan fingerprint density at radius 3 is 2.64 bits per heavy atom. The third kappa shape index (κ3) is 2.81. The number of hydrogen-bond acceptors (Lipinski definition) is 5. The van der Waals surface area contributed by atoms with Crippen molar-refractivity contribution in [2.24, 2.45) is 5.92 Å². The molecular formula is C15H14ClN5O. The second-order valence-electron chi connectivity index (χ2n) is 5.18. The molecule has 0 unspecified atom stereocenters. The number of halogens is 1. The van der Waals surface area contributed by atoms with Gasteiger partial charge in [0.1, 0.15) is 10.8 Å². The molecule has 0 bridgehead atoms. The van der Waals surface area contributed by atoms with Crippen molar-refractivity contribution < 1.29 is 0 Å². The molecule has 0 aliphatic carbocycles. The highest BCUT2D eigenvalue weighted by Gasteiger charge is 2.23. The number of pyridine rings is 1. The lowest BCUT2D eigenvalue weighted by molar-refractivity contribution is 0.485. The average Bonchev–Trinajstić information content (AvgIpc) is 2.58. The Morgan fingerprint density at radius 2 is 2.00 bits per heavy atom. The molecule has 7 heteroatoms. The minimum absolute atomic E-state index is 0.0664. The molecule has 1 fully saturated rings. The van der Waals surface area contributed by atoms with Gasteiger partial charge >= 0.3 is 0 Å². The van der Waals surface area contributed by atoms with Gasteiger partial charge in [0, 0.05) is 37.0 Å². The van der Waals surface area contributed by atoms with Crippen LogP contribution in [0.4, 0.5) is 5.82 Å². The minimum atomic E-state index is -0.360. The maximum absolute atomic E-state index is 12.1. The molecule has 3 rings (SSSR count). The van der Waals surface area contributed by atoms with Crippen LogP contribution in [0.1, 0.15) is 12.8 Å². The monoisotopic (exact) mass is 315 g/mol. The van der Waals surface area contributed by atoms with Gasteiger partial charge in [-0.3, -0.25) is 9.78 Å². The molecule has 0 spiro atoms. The first-order chi connectivity index (χ1) is 10.7. The molecule has 6 nitrogen and oxygen atoms in total. The minimum Gasteiger partial charge on any atom is -0.355 e. The maximum atomic E-state index is 12.1. The van der Waals surface area contributed by atoms with E-state index in [9.17, 15) is 4.79 Å². The van der Waals surface area contributed by atoms with E-state index in [4.69, 9.17) is 16.9 Å². The zero-order chi connectivity index (χ0) is 15.5. The van der Waals surface area contributed by atoms with Gasteiger partial charge in [-0.05, 0) is 25.0 Å². The standard InChI is InChI=1S/C15H14ClN5O/c16-12-14(21-7-3-10(9-17)4-8-21)19-13(20-15(12)22)11-1-5-18-6-2-11/h1-2,5-6,10H,3-4,7-8H2,(H,19,20,22). The van der Waals surface area contributed by atoms with Crippen molar-refractivity contribution in [1.82, 2.24) is 15.0 Å². The summed E-state index contributed by atoms with van der Waals surface area (Å²) in [5.41, 5.74) is 0.415. The van der Waals surface area contributed by atoms with Crippen LogP contribution in [0.15, 0.2) is 29.3 Å². The van der Waals surface area contributed by atoms with E-state index in [1.54, 1.807) is 24.5 Å². The van der Waals surface area contributed by atoms with Gasteiger partial charge in [-0.25, -0.2) is 4.98 Å². The molecule has 0 aromatic carbocycles. The van der Waals surface area contributed by atoms with Crippen LogP contribution < -0.4 is 10.5 Å². The molecule has 1 N–H and O–H groups in total. The molecule has 1 saturated heterocycles. The number of anilines is 1. The number of aromatic amines is 1. The Hall–Kier alpha value is -2.39. The summed E-state index contributed by atoms with van der Waals surface area (Å²) in [5, 5.41) is 9.06. The number of nitriles is 1. The van der Waals surface area contributed by atoms with Crippen molar-refractivity contribution in [2.75, 3.05) is 18.0 Å². The van der Waals surface area contributed by atoms with Gasteiger partial charge in [-0.1, -0.05) is 11.6 Å². The van der Waals surface area contributed by atoms with Crippen LogP contribution in [0.3, 0.4) is 0 Å². The number of rotatable bonds is 2. The van der Waals surface area contributed by atoms with E-state index < -0.39 is 0 Å². The quantitative estimate of drug-likeness (QED) is 0.918. The van der Waals surface area contributed by atoms with Crippen LogP contribution >= 0.6 is 11.6 Å². The molecule has 22 heavy (non-hydrogen) atoms. The van der Waals surface area contributed by atoms with Crippen molar-refractivity contribution >= 4 is 17.4 Å². The molecule has 112 valence electrons. The Morgan fingerprint density at radius 1 is 1.32 bits per heavy atom. The average molecular weight is 316 g/mol. The smallest absolute Gasteiger partial charge is 0.272 e. The summed E-state index contributed by atoms with van der Waals surface area (Å²) in [6.45, 7) is 1.34. The molecule has 0 amide bonds. The van der Waals surface area contributed by atoms with Gasteiger partial charge in [0.25, 0.3) is 5.56 Å². The Labute approximate surface area is 132 Å². The number of H-pyrrole nitrogens is 1. The number of piperidine rings is 1. The fourth-order valence-corrected chi connectivity index (χ4v) is 2.73. The summed E-state index contributed by atoms with van der Waals surface area (Å²) in [6, 6.07) is 5.84. The van der Waals surface area contributed by atoms with Crippen molar-refractivity contribution in [2.45, 2.75) is 12.8 Å². The highest BCUT2D eigenvalue weighted by Crippen LogP contribution is 2.27. The lowest BCUT2D eigenvalue weighted by Crippen LogP contribution is -2.35. The molecule has 3 heterocycles. The van der Waals surface area contributed by atoms with Crippen molar-refractivity contribution in [3.8, 4) is 17.5 Å². The molecule has 1 aliphatic heterocycles. The van der Waals surface area contributed by atoms with Crippen LogP contribution in [0.25, 0.3) is 11.4 Å². The number of aromatic nitrogens is 3. The van der Waals surface area contributed by atoms with Crippen LogP contribution in [0.5, 0.6) is 0 Å². The molecule has 0 atom stereocenters. The number of nitrogens with one attached hydrogen (secondary N) is 1. The lowest BCUT2D eigenvalue weighted by atomic mass is 9.99. The molecule has 2 aromatic rings. The Balaban J connectivity index is 1.97. The fraction of sp³-hybridized carbons (Fsp3) is 0.333. The van der Waals surface area contributed by atoms with E-state index in [2.05, 4.69) is 21.0 Å². The summed E-state index contributed by atoms with van der Waals surface area (Å²) < 4.78 is 0. The molecule has 0 saturated carbocycles. The molecule has 1 aliphatic rings. The van der Waals surface area contributed by atoms with Gasteiger partial charge < -0.3 is 9.88 Å². The van der Waals surface area contributed by atoms with Crippen LogP contribution in [0.2, 0.25) is 5.02 Å². The summed E-state index contributed by atoms with van der Waals surface area (Å²) in [6.07, 6.45) is 4.79. The number of nitrogens with zero attached hydrogens (tertiary/aromatic N) is 4. The normalized spacial score (nSPS) is 15.5. The van der Waals surface area contributed by atoms with Gasteiger partial charge in [-0.2, -0.15) is 5.26 Å². The van der Waals surface area contributed by atoms with Crippen molar-refractivity contribution in [1.29, 1.82) is 5.26 Å². The highest BCUT2D eigenvalue weighted by atomic mass is 35.5. The highest BCUT2D eigenvalue weighted by molar-refractivity contribution is 6.32. The lowest BCUT2D eigenvalue weighted by Gasteiger charge is -2.30.